The van der Waals surface area contributed by atoms with Gasteiger partial charge in [-0.3, -0.25) is 14.5 Å². The lowest BCUT2D eigenvalue weighted by Crippen LogP contribution is -2.32. The van der Waals surface area contributed by atoms with Crippen LogP contribution in [-0.2, 0) is 9.59 Å². The standard InChI is InChI=1S/C26H26N2O5/c1-26(2,3)24(30)21-22(17-8-6-10-19(15-17)32-4)28(25(31)23(21)29)18-9-5-7-16(11-12-18)20-13-14-33-27-20/h5-6,8-15,22,29H,7H2,1-4H3. The molecule has 0 fully saturated rings. The molecule has 0 spiro atoms. The number of aliphatic hydroxyl groups is 1. The summed E-state index contributed by atoms with van der Waals surface area (Å²) in [4.78, 5) is 28.1. The van der Waals surface area contributed by atoms with Crippen molar-refractivity contribution in [1.82, 2.24) is 10.1 Å². The van der Waals surface area contributed by atoms with Crippen LogP contribution in [0, 0.1) is 5.41 Å². The van der Waals surface area contributed by atoms with Crippen LogP contribution in [0.5, 0.6) is 5.75 Å². The van der Waals surface area contributed by atoms with Crippen LogP contribution in [-0.4, -0.2) is 34.0 Å². The highest BCUT2D eigenvalue weighted by Crippen LogP contribution is 2.44. The highest BCUT2D eigenvalue weighted by molar-refractivity contribution is 6.11. The topological polar surface area (TPSA) is 92.9 Å². The second-order valence-electron chi connectivity index (χ2n) is 8.97. The van der Waals surface area contributed by atoms with Crippen LogP contribution in [0.3, 0.4) is 0 Å². The Labute approximate surface area is 192 Å². The predicted molar refractivity (Wildman–Crippen MR) is 123 cm³/mol. The van der Waals surface area contributed by atoms with Crippen LogP contribution < -0.4 is 4.74 Å². The smallest absolute Gasteiger partial charge is 0.294 e. The number of hydrogen-bond acceptors (Lipinski definition) is 6. The molecule has 1 aromatic heterocycles. The van der Waals surface area contributed by atoms with E-state index in [9.17, 15) is 14.7 Å². The van der Waals surface area contributed by atoms with E-state index >= 15 is 0 Å². The molecule has 7 heteroatoms. The van der Waals surface area contributed by atoms with Crippen LogP contribution in [0.4, 0.5) is 0 Å². The number of carbonyl (C=O) groups is 2. The maximum Gasteiger partial charge on any atom is 0.294 e. The Balaban J connectivity index is 1.84. The number of rotatable bonds is 5. The zero-order valence-electron chi connectivity index (χ0n) is 19.0. The van der Waals surface area contributed by atoms with Crippen molar-refractivity contribution in [2.24, 2.45) is 5.41 Å². The normalized spacial score (nSPS) is 18.8. The number of amides is 1. The van der Waals surface area contributed by atoms with Gasteiger partial charge in [-0.1, -0.05) is 50.2 Å². The average molecular weight is 447 g/mol. The molecule has 7 nitrogen and oxygen atoms in total. The van der Waals surface area contributed by atoms with E-state index in [-0.39, 0.29) is 11.4 Å². The first-order valence-corrected chi connectivity index (χ1v) is 10.7. The summed E-state index contributed by atoms with van der Waals surface area (Å²) in [5.74, 6) is -0.847. The lowest BCUT2D eigenvalue weighted by Gasteiger charge is -2.29. The molecule has 1 atom stereocenters. The SMILES string of the molecule is COc1cccc(C2C(C(=O)C(C)(C)C)=C(O)C(=O)N2C2=CC=C(c3ccon3)CC=C2)c1. The van der Waals surface area contributed by atoms with Gasteiger partial charge in [-0.25, -0.2) is 0 Å². The third kappa shape index (κ3) is 4.14. The van der Waals surface area contributed by atoms with Crippen molar-refractivity contribution in [2.45, 2.75) is 33.2 Å². The van der Waals surface area contributed by atoms with Crippen LogP contribution in [0.25, 0.3) is 5.57 Å². The van der Waals surface area contributed by atoms with Crippen molar-refractivity contribution in [3.05, 3.63) is 89.2 Å². The maximum absolute atomic E-state index is 13.4. The third-order valence-corrected chi connectivity index (χ3v) is 5.67. The summed E-state index contributed by atoms with van der Waals surface area (Å²) in [7, 11) is 1.55. The summed E-state index contributed by atoms with van der Waals surface area (Å²) < 4.78 is 10.3. The summed E-state index contributed by atoms with van der Waals surface area (Å²) in [6, 6.07) is 8.16. The van der Waals surface area contributed by atoms with E-state index in [0.717, 1.165) is 5.57 Å². The largest absolute Gasteiger partial charge is 0.503 e. The molecule has 1 aliphatic carbocycles. The molecule has 2 heterocycles. The molecular weight excluding hydrogens is 420 g/mol. The number of hydrogen-bond donors (Lipinski definition) is 1. The molecule has 2 aromatic rings. The Kier molecular flexibility index (Phi) is 5.80. The quantitative estimate of drug-likeness (QED) is 0.701. The van der Waals surface area contributed by atoms with Crippen molar-refractivity contribution >= 4 is 17.3 Å². The van der Waals surface area contributed by atoms with Crippen LogP contribution in [0.15, 0.2) is 82.5 Å². The van der Waals surface area contributed by atoms with Gasteiger partial charge in [0.2, 0.25) is 0 Å². The van der Waals surface area contributed by atoms with Crippen molar-refractivity contribution in [3.63, 3.8) is 0 Å². The number of allylic oxidation sites excluding steroid dienone is 5. The molecule has 170 valence electrons. The molecule has 0 bridgehead atoms. The van der Waals surface area contributed by atoms with Gasteiger partial charge in [-0.05, 0) is 41.8 Å². The fraction of sp³-hybridized carbons (Fsp3) is 0.269. The summed E-state index contributed by atoms with van der Waals surface area (Å²) in [5, 5.41) is 14.9. The molecule has 0 saturated heterocycles. The molecule has 0 saturated carbocycles. The minimum absolute atomic E-state index is 0.0833. The second-order valence-corrected chi connectivity index (χ2v) is 8.97. The summed E-state index contributed by atoms with van der Waals surface area (Å²) in [6.07, 6.45) is 9.47. The van der Waals surface area contributed by atoms with Gasteiger partial charge in [0.15, 0.2) is 11.5 Å². The lowest BCUT2D eigenvalue weighted by molar-refractivity contribution is -0.127. The highest BCUT2D eigenvalue weighted by atomic mass is 16.5. The highest BCUT2D eigenvalue weighted by Gasteiger charge is 2.47. The number of benzene rings is 1. The van der Waals surface area contributed by atoms with Gasteiger partial charge >= 0.3 is 0 Å². The molecule has 0 radical (unpaired) electrons. The van der Waals surface area contributed by atoms with Gasteiger partial charge in [0.25, 0.3) is 5.91 Å². The average Bonchev–Trinajstić information content (AvgIpc) is 3.33. The predicted octanol–water partition coefficient (Wildman–Crippen LogP) is 4.92. The van der Waals surface area contributed by atoms with Gasteiger partial charge in [-0.15, -0.1) is 0 Å². The molecular formula is C26H26N2O5. The maximum atomic E-state index is 13.4. The van der Waals surface area contributed by atoms with Crippen LogP contribution in [0.1, 0.15) is 44.5 Å². The Morgan fingerprint density at radius 2 is 2.03 bits per heavy atom. The number of aromatic nitrogens is 1. The van der Waals surface area contributed by atoms with Gasteiger partial charge in [0, 0.05) is 17.2 Å². The van der Waals surface area contributed by atoms with Crippen LogP contribution >= 0.6 is 0 Å². The second kappa shape index (κ2) is 8.58. The van der Waals surface area contributed by atoms with Crippen molar-refractivity contribution in [2.75, 3.05) is 7.11 Å². The first-order valence-electron chi connectivity index (χ1n) is 10.7. The van der Waals surface area contributed by atoms with Crippen molar-refractivity contribution in [3.8, 4) is 5.75 Å². The van der Waals surface area contributed by atoms with E-state index in [4.69, 9.17) is 9.26 Å². The van der Waals surface area contributed by atoms with E-state index in [1.807, 2.05) is 24.3 Å². The summed E-state index contributed by atoms with van der Waals surface area (Å²) >= 11 is 0. The molecule has 4 rings (SSSR count). The molecule has 1 N–H and O–H groups in total. The molecule has 1 amide bonds. The Morgan fingerprint density at radius 1 is 1.24 bits per heavy atom. The van der Waals surface area contributed by atoms with E-state index in [0.29, 0.717) is 29.1 Å². The van der Waals surface area contributed by atoms with E-state index in [1.54, 1.807) is 58.2 Å². The molecule has 33 heavy (non-hydrogen) atoms. The van der Waals surface area contributed by atoms with E-state index in [2.05, 4.69) is 5.16 Å². The van der Waals surface area contributed by atoms with E-state index in [1.165, 1.54) is 11.2 Å². The molecule has 1 unspecified atom stereocenters. The zero-order valence-corrected chi connectivity index (χ0v) is 19.0. The Bertz CT molecular complexity index is 1210. The monoisotopic (exact) mass is 446 g/mol. The fourth-order valence-electron chi connectivity index (χ4n) is 3.98. The van der Waals surface area contributed by atoms with Crippen molar-refractivity contribution < 1.29 is 24.0 Å². The minimum atomic E-state index is -0.794. The van der Waals surface area contributed by atoms with Crippen molar-refractivity contribution in [1.29, 1.82) is 0 Å². The Morgan fingerprint density at radius 3 is 2.70 bits per heavy atom. The molecule has 1 aromatic carbocycles. The zero-order chi connectivity index (χ0) is 23.8. The lowest BCUT2D eigenvalue weighted by atomic mass is 9.82. The Hall–Kier alpha value is -3.87. The molecule has 1 aliphatic heterocycles. The number of ether oxygens (including phenoxy) is 1. The summed E-state index contributed by atoms with van der Waals surface area (Å²) in [6.45, 7) is 5.30. The van der Waals surface area contributed by atoms with Gasteiger partial charge < -0.3 is 14.4 Å². The number of carbonyl (C=O) groups excluding carboxylic acids is 2. The number of aliphatic hydroxyl groups excluding tert-OH is 1. The van der Waals surface area contributed by atoms with Crippen LogP contribution in [0.2, 0.25) is 0 Å². The van der Waals surface area contributed by atoms with Gasteiger partial charge in [-0.2, -0.15) is 0 Å². The first kappa shape index (κ1) is 22.3. The number of Topliss-reactive ketones (excluding diaryl/α,β-unsaturated/α-hetero) is 1. The summed E-state index contributed by atoms with van der Waals surface area (Å²) in [5.41, 5.74) is 2.14. The third-order valence-electron chi connectivity index (χ3n) is 5.67. The van der Waals surface area contributed by atoms with Gasteiger partial charge in [0.1, 0.15) is 17.7 Å². The first-order chi connectivity index (χ1) is 15.7. The fourth-order valence-corrected chi connectivity index (χ4v) is 3.98. The minimum Gasteiger partial charge on any atom is -0.503 e. The number of nitrogens with zero attached hydrogens (tertiary/aromatic N) is 2. The van der Waals surface area contributed by atoms with E-state index < -0.39 is 23.1 Å². The number of methoxy groups -OCH3 is 1. The van der Waals surface area contributed by atoms with Gasteiger partial charge in [0.05, 0.1) is 18.7 Å². The number of ketones is 1. The molecule has 2 aliphatic rings.